The van der Waals surface area contributed by atoms with Crippen LogP contribution in [-0.2, 0) is 0 Å². The first-order chi connectivity index (χ1) is 3.48. The number of allylic oxidation sites excluding steroid dienone is 1. The molecule has 0 radical (unpaired) electrons. The second-order valence-electron chi connectivity index (χ2n) is 1.09. The molecule has 46 valence electrons. The van der Waals surface area contributed by atoms with Gasteiger partial charge in [0.05, 0.1) is 0 Å². The first-order valence-electron chi connectivity index (χ1n) is 1.71. The van der Waals surface area contributed by atoms with E-state index in [-0.39, 0.29) is 0 Å². The molecule has 0 aromatic rings. The van der Waals surface area contributed by atoms with E-state index in [0.29, 0.717) is 0 Å². The molecule has 0 bridgehead atoms. The van der Waals surface area contributed by atoms with Crippen LogP contribution in [0.5, 0.6) is 0 Å². The molecule has 0 aliphatic heterocycles. The van der Waals surface area contributed by atoms with Crippen LogP contribution in [-0.4, -0.2) is 6.18 Å². The van der Waals surface area contributed by atoms with Gasteiger partial charge in [0.2, 0.25) is 0 Å². The summed E-state index contributed by atoms with van der Waals surface area (Å²) >= 11 is 0. The van der Waals surface area contributed by atoms with Crippen LogP contribution in [0.3, 0.4) is 0 Å². The Labute approximate surface area is 44.3 Å². The van der Waals surface area contributed by atoms with Gasteiger partial charge in [-0.15, -0.1) is 0 Å². The fraction of sp³-hybridized carbons (Fsp3) is 0.250. The Morgan fingerprint density at radius 3 is 1.88 bits per heavy atom. The molecule has 0 aliphatic rings. The molecule has 0 spiro atoms. The third-order valence-electron chi connectivity index (χ3n) is 0.496. The molecule has 0 saturated carbocycles. The number of hydrogen-bond acceptors (Lipinski definition) is 1. The molecular formula is C4H4F3N. The van der Waals surface area contributed by atoms with Crippen molar-refractivity contribution < 1.29 is 13.2 Å². The number of rotatable bonds is 0. The van der Waals surface area contributed by atoms with Gasteiger partial charge in [0, 0.05) is 0 Å². The maximum atomic E-state index is 11.2. The first kappa shape index (κ1) is 7.11. The minimum Gasteiger partial charge on any atom is -0.388 e. The lowest BCUT2D eigenvalue weighted by Gasteiger charge is -2.00. The molecule has 2 N–H and O–H groups in total. The highest BCUT2D eigenvalue weighted by Gasteiger charge is 2.30. The molecule has 0 saturated heterocycles. The summed E-state index contributed by atoms with van der Waals surface area (Å²) < 4.78 is 33.6. The molecule has 4 heteroatoms. The predicted molar refractivity (Wildman–Crippen MR) is 22.9 cm³/mol. The summed E-state index contributed by atoms with van der Waals surface area (Å²) in [7, 11) is 0. The Bertz CT molecular complexity index is 129. The maximum absolute atomic E-state index is 11.2. The molecule has 8 heavy (non-hydrogen) atoms. The van der Waals surface area contributed by atoms with E-state index in [0.717, 1.165) is 0 Å². The van der Waals surface area contributed by atoms with Crippen LogP contribution < -0.4 is 5.73 Å². The van der Waals surface area contributed by atoms with E-state index in [4.69, 9.17) is 0 Å². The van der Waals surface area contributed by atoms with Crippen molar-refractivity contribution in [3.05, 3.63) is 18.0 Å². The van der Waals surface area contributed by atoms with Gasteiger partial charge >= 0.3 is 6.18 Å². The molecule has 0 aromatic carbocycles. The number of alkyl halides is 3. The molecular weight excluding hydrogens is 119 g/mol. The highest BCUT2D eigenvalue weighted by Crippen LogP contribution is 2.19. The van der Waals surface area contributed by atoms with Crippen LogP contribution in [0.2, 0.25) is 0 Å². The molecule has 1 nitrogen and oxygen atoms in total. The first-order valence-corrected chi connectivity index (χ1v) is 1.71. The lowest BCUT2D eigenvalue weighted by Crippen LogP contribution is -2.17. The standard InChI is InChI=1S/C4H4F3N/c1-2-3(8)4(5,6)7/h1,8H2. The topological polar surface area (TPSA) is 26.0 Å². The largest absolute Gasteiger partial charge is 0.438 e. The van der Waals surface area contributed by atoms with Crippen LogP contribution in [0.4, 0.5) is 13.2 Å². The van der Waals surface area contributed by atoms with Crippen molar-refractivity contribution in [1.29, 1.82) is 0 Å². The Morgan fingerprint density at radius 1 is 1.50 bits per heavy atom. The molecule has 0 unspecified atom stereocenters. The summed E-state index contributed by atoms with van der Waals surface area (Å²) in [5, 5.41) is 0. The van der Waals surface area contributed by atoms with E-state index in [1.807, 2.05) is 0 Å². The van der Waals surface area contributed by atoms with E-state index < -0.39 is 11.9 Å². The second-order valence-corrected chi connectivity index (χ2v) is 1.09. The van der Waals surface area contributed by atoms with Crippen molar-refractivity contribution >= 4 is 0 Å². The number of nitrogens with two attached hydrogens (primary N) is 1. The van der Waals surface area contributed by atoms with Crippen LogP contribution in [0.1, 0.15) is 0 Å². The summed E-state index contributed by atoms with van der Waals surface area (Å²) in [6, 6.07) is 0. The van der Waals surface area contributed by atoms with Gasteiger partial charge in [-0.1, -0.05) is 12.3 Å². The summed E-state index contributed by atoms with van der Waals surface area (Å²) in [5.74, 6) is 0. The Kier molecular flexibility index (Phi) is 1.71. The minimum absolute atomic E-state index is 1.28. The van der Waals surface area contributed by atoms with E-state index in [1.165, 1.54) is 5.73 Å². The maximum Gasteiger partial charge on any atom is 0.438 e. The van der Waals surface area contributed by atoms with Crippen molar-refractivity contribution in [2.75, 3.05) is 0 Å². The minimum atomic E-state index is -4.47. The lowest BCUT2D eigenvalue weighted by molar-refractivity contribution is -0.0924. The fourth-order valence-corrected chi connectivity index (χ4v) is 0.100. The number of hydrogen-bond donors (Lipinski definition) is 1. The van der Waals surface area contributed by atoms with Crippen LogP contribution in [0, 0.1) is 0 Å². The molecule has 0 heterocycles. The van der Waals surface area contributed by atoms with E-state index in [2.05, 4.69) is 12.3 Å². The van der Waals surface area contributed by atoms with Crippen LogP contribution in [0.25, 0.3) is 0 Å². The van der Waals surface area contributed by atoms with Crippen LogP contribution in [0.15, 0.2) is 18.0 Å². The van der Waals surface area contributed by atoms with Crippen molar-refractivity contribution in [2.24, 2.45) is 5.73 Å². The molecule has 0 aromatic heterocycles. The zero-order valence-corrected chi connectivity index (χ0v) is 3.92. The summed E-state index contributed by atoms with van der Waals surface area (Å²) in [4.78, 5) is 0. The third-order valence-corrected chi connectivity index (χ3v) is 0.496. The average molecular weight is 123 g/mol. The summed E-state index contributed by atoms with van der Waals surface area (Å²) in [5.41, 5.74) is 4.61. The Morgan fingerprint density at radius 2 is 1.88 bits per heavy atom. The quantitative estimate of drug-likeness (QED) is 0.481. The highest BCUT2D eigenvalue weighted by atomic mass is 19.4. The van der Waals surface area contributed by atoms with Crippen LogP contribution >= 0.6 is 0 Å². The molecule has 0 fully saturated rings. The highest BCUT2D eigenvalue weighted by molar-refractivity contribution is 4.99. The van der Waals surface area contributed by atoms with E-state index >= 15 is 0 Å². The van der Waals surface area contributed by atoms with Gasteiger partial charge in [-0.3, -0.25) is 0 Å². The molecule has 0 rings (SSSR count). The average Bonchev–Trinajstić information content (AvgIpc) is 1.62. The Hall–Kier alpha value is -0.890. The van der Waals surface area contributed by atoms with Crippen molar-refractivity contribution in [3.63, 3.8) is 0 Å². The second kappa shape index (κ2) is 1.92. The van der Waals surface area contributed by atoms with Gasteiger partial charge in [-0.2, -0.15) is 13.2 Å². The SMILES string of the molecule is C=C=C(N)C(F)(F)F. The third kappa shape index (κ3) is 1.71. The normalized spacial score (nSPS) is 10.4. The molecule has 0 amide bonds. The fourth-order valence-electron chi connectivity index (χ4n) is 0.100. The van der Waals surface area contributed by atoms with Gasteiger partial charge in [0.1, 0.15) is 0 Å². The van der Waals surface area contributed by atoms with Gasteiger partial charge in [0.25, 0.3) is 0 Å². The number of halogens is 3. The van der Waals surface area contributed by atoms with Gasteiger partial charge < -0.3 is 5.73 Å². The summed E-state index contributed by atoms with van der Waals surface area (Å²) in [6.07, 6.45) is -4.47. The van der Waals surface area contributed by atoms with E-state index in [9.17, 15) is 13.2 Å². The molecule has 0 atom stereocenters. The van der Waals surface area contributed by atoms with E-state index in [1.54, 1.807) is 0 Å². The van der Waals surface area contributed by atoms with Gasteiger partial charge in [-0.25, -0.2) is 0 Å². The van der Waals surface area contributed by atoms with Crippen molar-refractivity contribution in [3.8, 4) is 0 Å². The van der Waals surface area contributed by atoms with Crippen molar-refractivity contribution in [2.45, 2.75) is 6.18 Å². The zero-order valence-electron chi connectivity index (χ0n) is 3.92. The predicted octanol–water partition coefficient (Wildman–Crippen LogP) is 1.18. The lowest BCUT2D eigenvalue weighted by atomic mass is 10.5. The van der Waals surface area contributed by atoms with Crippen molar-refractivity contribution in [1.82, 2.24) is 0 Å². The Balaban J connectivity index is 4.26. The molecule has 0 aliphatic carbocycles. The summed E-state index contributed by atoms with van der Waals surface area (Å²) in [6.45, 7) is 2.72. The van der Waals surface area contributed by atoms with Gasteiger partial charge in [-0.05, 0) is 0 Å². The van der Waals surface area contributed by atoms with Gasteiger partial charge in [0.15, 0.2) is 5.70 Å². The smallest absolute Gasteiger partial charge is 0.388 e. The monoisotopic (exact) mass is 123 g/mol. The zero-order chi connectivity index (χ0) is 6.78.